The number of nitrogens with zero attached hydrogens (tertiary/aromatic N) is 2. The Morgan fingerprint density at radius 3 is 2.65 bits per heavy atom. The Balaban J connectivity index is 2.99. The van der Waals surface area contributed by atoms with E-state index in [0.29, 0.717) is 4.43 Å². The van der Waals surface area contributed by atoms with E-state index >= 15 is 0 Å². The summed E-state index contributed by atoms with van der Waals surface area (Å²) in [5.74, 6) is -0.664. The highest BCUT2D eigenvalue weighted by atomic mass is 19.1. The molecule has 0 aliphatic carbocycles. The van der Waals surface area contributed by atoms with Crippen LogP contribution < -0.4 is 4.43 Å². The predicted molar refractivity (Wildman–Crippen MR) is 55.9 cm³/mol. The van der Waals surface area contributed by atoms with Crippen molar-refractivity contribution >= 4 is 11.0 Å². The van der Waals surface area contributed by atoms with Crippen LogP contribution in [0.1, 0.15) is 11.4 Å². The van der Waals surface area contributed by atoms with E-state index in [4.69, 9.17) is 10.2 Å². The molecule has 1 aromatic heterocycles. The van der Waals surface area contributed by atoms with Crippen molar-refractivity contribution in [3.05, 3.63) is 45.5 Å². The molecule has 90 valence electrons. The lowest BCUT2D eigenvalue weighted by Crippen LogP contribution is -2.28. The van der Waals surface area contributed by atoms with Gasteiger partial charge in [-0.2, -0.15) is 0 Å². The van der Waals surface area contributed by atoms with Gasteiger partial charge in [0, 0.05) is 17.0 Å². The molecule has 2 aromatic rings. The highest BCUT2D eigenvalue weighted by Crippen LogP contribution is 2.15. The fourth-order valence-corrected chi connectivity index (χ4v) is 1.67. The van der Waals surface area contributed by atoms with E-state index in [2.05, 4.69) is 0 Å². The van der Waals surface area contributed by atoms with Crippen molar-refractivity contribution in [2.45, 2.75) is 13.2 Å². The lowest BCUT2D eigenvalue weighted by molar-refractivity contribution is -0.480. The summed E-state index contributed by atoms with van der Waals surface area (Å²) in [6.45, 7) is -1.40. The third kappa shape index (κ3) is 1.65. The Hall–Kier alpha value is -1.99. The fourth-order valence-electron chi connectivity index (χ4n) is 1.67. The van der Waals surface area contributed by atoms with Crippen LogP contribution >= 0.6 is 0 Å². The lowest BCUT2D eigenvalue weighted by atomic mass is 10.2. The monoisotopic (exact) mass is 240 g/mol. The normalized spacial score (nSPS) is 11.0. The minimum absolute atomic E-state index is 0.0670. The maximum absolute atomic E-state index is 13.0. The molecule has 7 heteroatoms. The molecule has 0 saturated carbocycles. The number of aromatic nitrogens is 2. The second-order valence-corrected chi connectivity index (χ2v) is 3.43. The van der Waals surface area contributed by atoms with E-state index in [1.807, 2.05) is 0 Å². The number of rotatable bonds is 2. The summed E-state index contributed by atoms with van der Waals surface area (Å²) in [5, 5.41) is 29.8. The SMILES string of the molecule is O=[n+]1c(CO)c(CO)n([O-])c2cc(F)ccc21. The summed E-state index contributed by atoms with van der Waals surface area (Å²) in [5.41, 5.74) is -0.800. The highest BCUT2D eigenvalue weighted by Gasteiger charge is 2.21. The Bertz CT molecular complexity index is 638. The van der Waals surface area contributed by atoms with E-state index in [9.17, 15) is 14.5 Å². The Kier molecular flexibility index (Phi) is 2.78. The standard InChI is InChI=1S/C10H9FN2O4/c11-6-1-2-7-8(3-6)13(17)10(5-15)9(4-14)12(7)16/h1-3,14-15H,4-5H2. The zero-order valence-electron chi connectivity index (χ0n) is 8.63. The Labute approximate surface area is 94.3 Å². The molecule has 0 bridgehead atoms. The van der Waals surface area contributed by atoms with Crippen LogP contribution in [0, 0.1) is 15.9 Å². The molecule has 0 radical (unpaired) electrons. The van der Waals surface area contributed by atoms with E-state index in [-0.39, 0.29) is 27.2 Å². The van der Waals surface area contributed by atoms with Gasteiger partial charge >= 0.3 is 0 Å². The van der Waals surface area contributed by atoms with Gasteiger partial charge in [0.15, 0.2) is 0 Å². The first-order valence-corrected chi connectivity index (χ1v) is 4.78. The summed E-state index contributed by atoms with van der Waals surface area (Å²) in [7, 11) is 0. The molecule has 2 N–H and O–H groups in total. The molecular weight excluding hydrogens is 231 g/mol. The van der Waals surface area contributed by atoms with Crippen LogP contribution in [-0.4, -0.2) is 14.9 Å². The summed E-state index contributed by atoms with van der Waals surface area (Å²) < 4.78 is 13.6. The largest absolute Gasteiger partial charge is 0.805 e. The van der Waals surface area contributed by atoms with Crippen LogP contribution in [0.3, 0.4) is 0 Å². The second-order valence-electron chi connectivity index (χ2n) is 3.43. The van der Waals surface area contributed by atoms with E-state index in [0.717, 1.165) is 18.2 Å². The Morgan fingerprint density at radius 2 is 2.06 bits per heavy atom. The zero-order chi connectivity index (χ0) is 12.6. The minimum atomic E-state index is -0.714. The molecular formula is C10H9FN2O4. The molecule has 0 fully saturated rings. The van der Waals surface area contributed by atoms with Crippen molar-refractivity contribution in [2.24, 2.45) is 0 Å². The fraction of sp³-hybridized carbons (Fsp3) is 0.200. The summed E-state index contributed by atoms with van der Waals surface area (Å²) in [6, 6.07) is 3.08. The maximum atomic E-state index is 13.0. The van der Waals surface area contributed by atoms with E-state index in [1.165, 1.54) is 0 Å². The van der Waals surface area contributed by atoms with E-state index in [1.54, 1.807) is 0 Å². The number of hydrogen-bond donors (Lipinski definition) is 2. The first-order valence-electron chi connectivity index (χ1n) is 4.78. The van der Waals surface area contributed by atoms with Crippen molar-refractivity contribution < 1.29 is 19.0 Å². The average Bonchev–Trinajstić information content (AvgIpc) is 2.33. The van der Waals surface area contributed by atoms with Crippen molar-refractivity contribution in [1.82, 2.24) is 4.73 Å². The molecule has 0 aliphatic rings. The molecule has 2 rings (SSSR count). The van der Waals surface area contributed by atoms with Crippen molar-refractivity contribution in [2.75, 3.05) is 0 Å². The molecule has 0 atom stereocenters. The number of hydrogen-bond acceptors (Lipinski definition) is 4. The number of benzene rings is 1. The first kappa shape index (κ1) is 11.5. The van der Waals surface area contributed by atoms with Gasteiger partial charge in [0.2, 0.25) is 0 Å². The number of aliphatic hydroxyl groups excluding tert-OH is 2. The van der Waals surface area contributed by atoms with Gasteiger partial charge < -0.3 is 20.2 Å². The molecule has 0 spiro atoms. The van der Waals surface area contributed by atoms with Gasteiger partial charge in [-0.15, -0.1) is 0 Å². The molecule has 0 aliphatic heterocycles. The highest BCUT2D eigenvalue weighted by molar-refractivity contribution is 5.72. The molecule has 6 nitrogen and oxygen atoms in total. The van der Waals surface area contributed by atoms with Crippen LogP contribution in [0.2, 0.25) is 0 Å². The van der Waals surface area contributed by atoms with Gasteiger partial charge in [-0.3, -0.25) is 0 Å². The topological polar surface area (TPSA) is 91.4 Å². The van der Waals surface area contributed by atoms with Gasteiger partial charge in [-0.05, 0) is 6.07 Å². The number of halogens is 1. The molecule has 1 heterocycles. The van der Waals surface area contributed by atoms with E-state index < -0.39 is 19.0 Å². The Morgan fingerprint density at radius 1 is 1.35 bits per heavy atom. The van der Waals surface area contributed by atoms with Gasteiger partial charge in [0.05, 0.1) is 11.0 Å². The van der Waals surface area contributed by atoms with Crippen molar-refractivity contribution in [3.63, 3.8) is 0 Å². The van der Waals surface area contributed by atoms with Crippen LogP contribution in [0.5, 0.6) is 0 Å². The zero-order valence-corrected chi connectivity index (χ0v) is 8.63. The summed E-state index contributed by atoms with van der Waals surface area (Å²) in [6.07, 6.45) is 0. The first-order chi connectivity index (χ1) is 8.10. The lowest BCUT2D eigenvalue weighted by Gasteiger charge is -2.17. The van der Waals surface area contributed by atoms with Crippen LogP contribution in [0.15, 0.2) is 18.2 Å². The third-order valence-electron chi connectivity index (χ3n) is 2.50. The maximum Gasteiger partial charge on any atom is 0.286 e. The van der Waals surface area contributed by atoms with Crippen LogP contribution in [0.4, 0.5) is 4.39 Å². The molecule has 17 heavy (non-hydrogen) atoms. The minimum Gasteiger partial charge on any atom is -0.805 e. The van der Waals surface area contributed by atoms with Gasteiger partial charge in [0.1, 0.15) is 23.6 Å². The molecule has 0 saturated heterocycles. The predicted octanol–water partition coefficient (Wildman–Crippen LogP) is 0.0254. The van der Waals surface area contributed by atoms with Gasteiger partial charge in [0.25, 0.3) is 11.2 Å². The molecule has 0 amide bonds. The summed E-state index contributed by atoms with van der Waals surface area (Å²) >= 11 is 0. The average molecular weight is 240 g/mol. The quantitative estimate of drug-likeness (QED) is 0.724. The van der Waals surface area contributed by atoms with Crippen molar-refractivity contribution in [1.29, 1.82) is 0 Å². The molecule has 0 unspecified atom stereocenters. The van der Waals surface area contributed by atoms with Gasteiger partial charge in [-0.1, -0.05) is 0 Å². The second kappa shape index (κ2) is 4.11. The number of fused-ring (bicyclic) bond motifs is 1. The van der Waals surface area contributed by atoms with Crippen molar-refractivity contribution in [3.8, 4) is 0 Å². The third-order valence-corrected chi connectivity index (χ3v) is 2.50. The number of aliphatic hydroxyl groups is 2. The van der Waals surface area contributed by atoms with Crippen LogP contribution in [-0.2, 0) is 13.2 Å². The van der Waals surface area contributed by atoms with Gasteiger partial charge in [-0.25, -0.2) is 4.39 Å². The summed E-state index contributed by atoms with van der Waals surface area (Å²) in [4.78, 5) is 11.8. The molecule has 1 aromatic carbocycles. The smallest absolute Gasteiger partial charge is 0.286 e. The van der Waals surface area contributed by atoms with Crippen LogP contribution in [0.25, 0.3) is 11.0 Å².